The second-order valence-corrected chi connectivity index (χ2v) is 6.30. The maximum Gasteiger partial charge on any atom is 0.205 e. The summed E-state index contributed by atoms with van der Waals surface area (Å²) < 4.78 is 0. The van der Waals surface area contributed by atoms with Crippen molar-refractivity contribution in [2.45, 2.75) is 18.4 Å². The first kappa shape index (κ1) is 12.7. The SMILES string of the molecule is CNc1nnc(C2CNC(c3nnc(NC)s3)C2)s1. The monoisotopic (exact) mass is 297 g/mol. The zero-order chi connectivity index (χ0) is 13.2. The van der Waals surface area contributed by atoms with Gasteiger partial charge in [-0.3, -0.25) is 0 Å². The maximum atomic E-state index is 4.24. The predicted octanol–water partition coefficient (Wildman–Crippen LogP) is 1.29. The molecule has 0 bridgehead atoms. The van der Waals surface area contributed by atoms with Crippen molar-refractivity contribution in [3.8, 4) is 0 Å². The van der Waals surface area contributed by atoms with Crippen molar-refractivity contribution in [3.05, 3.63) is 10.0 Å². The number of hydrogen-bond acceptors (Lipinski definition) is 9. The van der Waals surface area contributed by atoms with Crippen molar-refractivity contribution in [2.75, 3.05) is 31.3 Å². The Morgan fingerprint density at radius 3 is 2.26 bits per heavy atom. The average molecular weight is 297 g/mol. The molecule has 1 aliphatic heterocycles. The van der Waals surface area contributed by atoms with Crippen molar-refractivity contribution in [1.82, 2.24) is 25.7 Å². The molecule has 19 heavy (non-hydrogen) atoms. The minimum Gasteiger partial charge on any atom is -0.363 e. The van der Waals surface area contributed by atoms with Crippen LogP contribution in [0.25, 0.3) is 0 Å². The molecule has 3 rings (SSSR count). The molecule has 1 aliphatic rings. The number of aromatic nitrogens is 4. The number of hydrogen-bond donors (Lipinski definition) is 3. The van der Waals surface area contributed by atoms with Gasteiger partial charge in [-0.2, -0.15) is 0 Å². The van der Waals surface area contributed by atoms with Gasteiger partial charge in [0.2, 0.25) is 10.3 Å². The third-order valence-electron chi connectivity index (χ3n) is 3.09. The minimum absolute atomic E-state index is 0.270. The van der Waals surface area contributed by atoms with E-state index in [2.05, 4.69) is 36.3 Å². The van der Waals surface area contributed by atoms with E-state index in [0.29, 0.717) is 5.92 Å². The van der Waals surface area contributed by atoms with Crippen LogP contribution in [-0.4, -0.2) is 41.0 Å². The van der Waals surface area contributed by atoms with Crippen LogP contribution in [0.3, 0.4) is 0 Å². The molecule has 2 unspecified atom stereocenters. The van der Waals surface area contributed by atoms with Crippen LogP contribution in [0.4, 0.5) is 10.3 Å². The van der Waals surface area contributed by atoms with E-state index in [1.54, 1.807) is 22.7 Å². The highest BCUT2D eigenvalue weighted by atomic mass is 32.1. The summed E-state index contributed by atoms with van der Waals surface area (Å²) in [5, 5.41) is 30.0. The lowest BCUT2D eigenvalue weighted by Gasteiger charge is -2.04. The molecular weight excluding hydrogens is 282 g/mol. The molecule has 9 heteroatoms. The third kappa shape index (κ3) is 2.53. The minimum atomic E-state index is 0.270. The normalized spacial score (nSPS) is 22.6. The highest BCUT2D eigenvalue weighted by molar-refractivity contribution is 7.15. The Kier molecular flexibility index (Phi) is 3.58. The number of nitrogens with one attached hydrogen (secondary N) is 3. The molecule has 2 aromatic heterocycles. The summed E-state index contributed by atoms with van der Waals surface area (Å²) in [4.78, 5) is 0. The molecule has 0 amide bonds. The summed E-state index contributed by atoms with van der Waals surface area (Å²) in [5.74, 6) is 0.409. The lowest BCUT2D eigenvalue weighted by Crippen LogP contribution is -2.13. The summed E-state index contributed by atoms with van der Waals surface area (Å²) >= 11 is 3.22. The van der Waals surface area contributed by atoms with Crippen LogP contribution in [0.2, 0.25) is 0 Å². The van der Waals surface area contributed by atoms with Crippen LogP contribution in [0, 0.1) is 0 Å². The van der Waals surface area contributed by atoms with Gasteiger partial charge in [-0.15, -0.1) is 20.4 Å². The van der Waals surface area contributed by atoms with Crippen LogP contribution >= 0.6 is 22.7 Å². The molecule has 0 aromatic carbocycles. The van der Waals surface area contributed by atoms with Crippen LogP contribution in [0.15, 0.2) is 0 Å². The van der Waals surface area contributed by atoms with Gasteiger partial charge in [0.15, 0.2) is 0 Å². The van der Waals surface area contributed by atoms with Gasteiger partial charge in [-0.25, -0.2) is 0 Å². The predicted molar refractivity (Wildman–Crippen MR) is 77.0 cm³/mol. The van der Waals surface area contributed by atoms with Gasteiger partial charge in [0.05, 0.1) is 6.04 Å². The molecule has 0 radical (unpaired) electrons. The van der Waals surface area contributed by atoms with Gasteiger partial charge in [-0.1, -0.05) is 22.7 Å². The third-order valence-corrected chi connectivity index (χ3v) is 5.24. The molecule has 2 atom stereocenters. The molecule has 0 spiro atoms. The molecule has 102 valence electrons. The number of nitrogens with zero attached hydrogens (tertiary/aromatic N) is 4. The summed E-state index contributed by atoms with van der Waals surface area (Å²) in [5.41, 5.74) is 0. The molecule has 1 saturated heterocycles. The lowest BCUT2D eigenvalue weighted by atomic mass is 10.1. The average Bonchev–Trinajstić information content (AvgIpc) is 3.16. The second-order valence-electron chi connectivity index (χ2n) is 4.28. The fourth-order valence-corrected chi connectivity index (χ4v) is 3.68. The Bertz CT molecular complexity index is 503. The smallest absolute Gasteiger partial charge is 0.205 e. The van der Waals surface area contributed by atoms with Gasteiger partial charge < -0.3 is 16.0 Å². The van der Waals surface area contributed by atoms with Gasteiger partial charge >= 0.3 is 0 Å². The Hall–Kier alpha value is -1.32. The quantitative estimate of drug-likeness (QED) is 0.783. The zero-order valence-electron chi connectivity index (χ0n) is 10.7. The Morgan fingerprint density at radius 2 is 1.63 bits per heavy atom. The first-order valence-electron chi connectivity index (χ1n) is 6.06. The molecule has 2 aromatic rings. The molecular formula is C10H15N7S2. The van der Waals surface area contributed by atoms with Crippen molar-refractivity contribution in [2.24, 2.45) is 0 Å². The standard InChI is InChI=1S/C10H15N7S2/c1-11-9-16-14-7(18-9)5-3-6(13-4-5)8-15-17-10(12-2)19-8/h5-6,13H,3-4H2,1-2H3,(H,11,16)(H,12,17). The van der Waals surface area contributed by atoms with Crippen molar-refractivity contribution < 1.29 is 0 Å². The summed E-state index contributed by atoms with van der Waals surface area (Å²) in [6, 6.07) is 0.270. The van der Waals surface area contributed by atoms with Crippen LogP contribution < -0.4 is 16.0 Å². The summed E-state index contributed by atoms with van der Waals surface area (Å²) in [6.45, 7) is 0.914. The first-order chi connectivity index (χ1) is 9.30. The van der Waals surface area contributed by atoms with E-state index in [1.165, 1.54) is 0 Å². The van der Waals surface area contributed by atoms with Gasteiger partial charge in [-0.05, 0) is 6.42 Å². The Labute approximate surface area is 118 Å². The lowest BCUT2D eigenvalue weighted by molar-refractivity contribution is 0.628. The fraction of sp³-hybridized carbons (Fsp3) is 0.600. The van der Waals surface area contributed by atoms with E-state index in [9.17, 15) is 0 Å². The molecule has 0 aliphatic carbocycles. The molecule has 0 saturated carbocycles. The van der Waals surface area contributed by atoms with Crippen molar-refractivity contribution in [3.63, 3.8) is 0 Å². The fourth-order valence-electron chi connectivity index (χ4n) is 2.09. The number of rotatable bonds is 4. The van der Waals surface area contributed by atoms with Crippen LogP contribution in [0.5, 0.6) is 0 Å². The van der Waals surface area contributed by atoms with Gasteiger partial charge in [0.25, 0.3) is 0 Å². The molecule has 1 fully saturated rings. The highest BCUT2D eigenvalue weighted by Crippen LogP contribution is 2.37. The van der Waals surface area contributed by atoms with E-state index in [0.717, 1.165) is 33.2 Å². The van der Waals surface area contributed by atoms with Gasteiger partial charge in [0.1, 0.15) is 10.0 Å². The largest absolute Gasteiger partial charge is 0.363 e. The van der Waals surface area contributed by atoms with Crippen LogP contribution in [0.1, 0.15) is 28.4 Å². The van der Waals surface area contributed by atoms with E-state index >= 15 is 0 Å². The first-order valence-corrected chi connectivity index (χ1v) is 7.69. The molecule has 7 nitrogen and oxygen atoms in total. The van der Waals surface area contributed by atoms with E-state index < -0.39 is 0 Å². The maximum absolute atomic E-state index is 4.24. The summed E-state index contributed by atoms with van der Waals surface area (Å²) in [6.07, 6.45) is 0.997. The molecule has 3 heterocycles. The highest BCUT2D eigenvalue weighted by Gasteiger charge is 2.31. The second kappa shape index (κ2) is 5.35. The van der Waals surface area contributed by atoms with E-state index in [-0.39, 0.29) is 6.04 Å². The van der Waals surface area contributed by atoms with Crippen LogP contribution in [-0.2, 0) is 0 Å². The van der Waals surface area contributed by atoms with Crippen molar-refractivity contribution in [1.29, 1.82) is 0 Å². The van der Waals surface area contributed by atoms with E-state index in [1.807, 2.05) is 14.1 Å². The van der Waals surface area contributed by atoms with Gasteiger partial charge in [0, 0.05) is 26.6 Å². The molecule has 3 N–H and O–H groups in total. The zero-order valence-corrected chi connectivity index (χ0v) is 12.3. The topological polar surface area (TPSA) is 87.7 Å². The Morgan fingerprint density at radius 1 is 1.00 bits per heavy atom. The van der Waals surface area contributed by atoms with E-state index in [4.69, 9.17) is 0 Å². The number of anilines is 2. The summed E-state index contributed by atoms with van der Waals surface area (Å²) in [7, 11) is 3.72. The van der Waals surface area contributed by atoms with Crippen molar-refractivity contribution >= 4 is 32.9 Å². The Balaban J connectivity index is 1.69.